The van der Waals surface area contributed by atoms with Gasteiger partial charge in [0.25, 0.3) is 0 Å². The molecule has 0 bridgehead atoms. The fourth-order valence-corrected chi connectivity index (χ4v) is 1.89. The van der Waals surface area contributed by atoms with Crippen LogP contribution in [-0.4, -0.2) is 13.6 Å². The number of hydrogen-bond donors (Lipinski definition) is 0. The number of anilines is 1. The van der Waals surface area contributed by atoms with Gasteiger partial charge in [-0.25, -0.2) is 0 Å². The summed E-state index contributed by atoms with van der Waals surface area (Å²) < 4.78 is 0. The van der Waals surface area contributed by atoms with E-state index in [9.17, 15) is 0 Å². The van der Waals surface area contributed by atoms with Gasteiger partial charge in [-0.15, -0.1) is 11.6 Å². The summed E-state index contributed by atoms with van der Waals surface area (Å²) in [6.45, 7) is 5.46. The Balaban J connectivity index is 2.73. The van der Waals surface area contributed by atoms with E-state index in [4.69, 9.17) is 11.6 Å². The smallest absolute Gasteiger partial charge is 0.0476 e. The molecule has 0 heterocycles. The highest BCUT2D eigenvalue weighted by molar-refractivity contribution is 6.17. The van der Waals surface area contributed by atoms with Gasteiger partial charge < -0.3 is 4.90 Å². The molecule has 0 saturated heterocycles. The predicted octanol–water partition coefficient (Wildman–Crippen LogP) is 3.97. The standard InChI is InChI=1S/C13H20ClN/c1-4-5-8-15(3)13-7-6-12(10-14)11(2)9-13/h6-7,9H,4-5,8,10H2,1-3H3. The fourth-order valence-electron chi connectivity index (χ4n) is 1.59. The Morgan fingerprint density at radius 3 is 2.60 bits per heavy atom. The van der Waals surface area contributed by atoms with Crippen molar-refractivity contribution in [2.45, 2.75) is 32.6 Å². The lowest BCUT2D eigenvalue weighted by atomic mass is 10.1. The van der Waals surface area contributed by atoms with E-state index in [0.717, 1.165) is 6.54 Å². The first kappa shape index (κ1) is 12.4. The van der Waals surface area contributed by atoms with Crippen molar-refractivity contribution >= 4 is 17.3 Å². The minimum absolute atomic E-state index is 0.602. The van der Waals surface area contributed by atoms with Crippen molar-refractivity contribution in [3.63, 3.8) is 0 Å². The van der Waals surface area contributed by atoms with Crippen LogP contribution in [-0.2, 0) is 5.88 Å². The van der Waals surface area contributed by atoms with Crippen LogP contribution in [0.15, 0.2) is 18.2 Å². The fraction of sp³-hybridized carbons (Fsp3) is 0.538. The lowest BCUT2D eigenvalue weighted by molar-refractivity contribution is 0.766. The molecule has 1 nitrogen and oxygen atoms in total. The van der Waals surface area contributed by atoms with E-state index in [1.165, 1.54) is 29.7 Å². The van der Waals surface area contributed by atoms with Crippen molar-refractivity contribution in [3.8, 4) is 0 Å². The highest BCUT2D eigenvalue weighted by atomic mass is 35.5. The van der Waals surface area contributed by atoms with Crippen LogP contribution in [0.25, 0.3) is 0 Å². The molecule has 1 aromatic rings. The van der Waals surface area contributed by atoms with Crippen LogP contribution in [0.4, 0.5) is 5.69 Å². The molecule has 2 heteroatoms. The maximum atomic E-state index is 5.83. The van der Waals surface area contributed by atoms with Gasteiger partial charge in [-0.05, 0) is 36.6 Å². The molecule has 0 atom stereocenters. The number of halogens is 1. The second-order valence-electron chi connectivity index (χ2n) is 4.02. The summed E-state index contributed by atoms with van der Waals surface area (Å²) in [5.74, 6) is 0.602. The Kier molecular flexibility index (Phi) is 4.97. The van der Waals surface area contributed by atoms with Crippen LogP contribution in [0, 0.1) is 6.92 Å². The molecule has 0 spiro atoms. The first-order chi connectivity index (χ1) is 7.19. The van der Waals surface area contributed by atoms with Crippen LogP contribution >= 0.6 is 11.6 Å². The molecule has 0 aliphatic rings. The topological polar surface area (TPSA) is 3.24 Å². The van der Waals surface area contributed by atoms with Crippen LogP contribution in [0.1, 0.15) is 30.9 Å². The summed E-state index contributed by atoms with van der Waals surface area (Å²) >= 11 is 5.83. The largest absolute Gasteiger partial charge is 0.375 e. The third-order valence-corrected chi connectivity index (χ3v) is 3.05. The molecule has 15 heavy (non-hydrogen) atoms. The first-order valence-corrected chi connectivity index (χ1v) is 6.09. The Morgan fingerprint density at radius 1 is 1.33 bits per heavy atom. The highest BCUT2D eigenvalue weighted by Gasteiger charge is 2.02. The number of hydrogen-bond acceptors (Lipinski definition) is 1. The van der Waals surface area contributed by atoms with Crippen molar-refractivity contribution in [3.05, 3.63) is 29.3 Å². The van der Waals surface area contributed by atoms with E-state index in [0.29, 0.717) is 5.88 Å². The van der Waals surface area contributed by atoms with Gasteiger partial charge in [-0.1, -0.05) is 19.4 Å². The third kappa shape index (κ3) is 3.42. The van der Waals surface area contributed by atoms with Crippen molar-refractivity contribution in [1.29, 1.82) is 0 Å². The molecule has 0 aliphatic heterocycles. The van der Waals surface area contributed by atoms with Gasteiger partial charge in [0.2, 0.25) is 0 Å². The van der Waals surface area contributed by atoms with E-state index >= 15 is 0 Å². The van der Waals surface area contributed by atoms with E-state index in [1.54, 1.807) is 0 Å². The summed E-state index contributed by atoms with van der Waals surface area (Å²) in [5.41, 5.74) is 3.80. The second kappa shape index (κ2) is 6.02. The monoisotopic (exact) mass is 225 g/mol. The Morgan fingerprint density at radius 2 is 2.07 bits per heavy atom. The van der Waals surface area contributed by atoms with E-state index in [-0.39, 0.29) is 0 Å². The third-order valence-electron chi connectivity index (χ3n) is 2.76. The number of aryl methyl sites for hydroxylation is 1. The molecular weight excluding hydrogens is 206 g/mol. The maximum absolute atomic E-state index is 5.83. The molecule has 0 N–H and O–H groups in total. The minimum Gasteiger partial charge on any atom is -0.375 e. The van der Waals surface area contributed by atoms with Gasteiger partial charge in [-0.2, -0.15) is 0 Å². The van der Waals surface area contributed by atoms with Crippen molar-refractivity contribution in [2.75, 3.05) is 18.5 Å². The molecule has 1 aromatic carbocycles. The quantitative estimate of drug-likeness (QED) is 0.686. The Hall–Kier alpha value is -0.690. The molecule has 84 valence electrons. The number of nitrogens with zero attached hydrogens (tertiary/aromatic N) is 1. The molecule has 0 aliphatic carbocycles. The number of benzene rings is 1. The number of unbranched alkanes of at least 4 members (excludes halogenated alkanes) is 1. The zero-order valence-electron chi connectivity index (χ0n) is 9.89. The normalized spacial score (nSPS) is 10.4. The molecule has 0 saturated carbocycles. The van der Waals surface area contributed by atoms with Gasteiger partial charge in [0, 0.05) is 25.2 Å². The summed E-state index contributed by atoms with van der Waals surface area (Å²) in [5, 5.41) is 0. The zero-order chi connectivity index (χ0) is 11.3. The second-order valence-corrected chi connectivity index (χ2v) is 4.29. The summed E-state index contributed by atoms with van der Waals surface area (Å²) in [6.07, 6.45) is 2.48. The molecule has 1 rings (SSSR count). The Labute approximate surface area is 98.0 Å². The molecule has 0 amide bonds. The lowest BCUT2D eigenvalue weighted by Crippen LogP contribution is -2.18. The zero-order valence-corrected chi connectivity index (χ0v) is 10.6. The molecule has 0 fully saturated rings. The van der Waals surface area contributed by atoms with E-state index in [1.807, 2.05) is 0 Å². The average Bonchev–Trinajstić information content (AvgIpc) is 2.25. The van der Waals surface area contributed by atoms with Crippen LogP contribution in [0.5, 0.6) is 0 Å². The van der Waals surface area contributed by atoms with Gasteiger partial charge in [-0.3, -0.25) is 0 Å². The first-order valence-electron chi connectivity index (χ1n) is 5.55. The van der Waals surface area contributed by atoms with Crippen LogP contribution < -0.4 is 4.90 Å². The summed E-state index contributed by atoms with van der Waals surface area (Å²) in [7, 11) is 2.14. The minimum atomic E-state index is 0.602. The van der Waals surface area contributed by atoms with E-state index < -0.39 is 0 Å². The Bertz CT molecular complexity index is 309. The predicted molar refractivity (Wildman–Crippen MR) is 68.9 cm³/mol. The maximum Gasteiger partial charge on any atom is 0.0476 e. The summed E-state index contributed by atoms with van der Waals surface area (Å²) in [6, 6.07) is 6.49. The highest BCUT2D eigenvalue weighted by Crippen LogP contribution is 2.19. The average molecular weight is 226 g/mol. The van der Waals surface area contributed by atoms with Gasteiger partial charge >= 0.3 is 0 Å². The summed E-state index contributed by atoms with van der Waals surface area (Å²) in [4.78, 5) is 2.30. The van der Waals surface area contributed by atoms with Crippen LogP contribution in [0.3, 0.4) is 0 Å². The van der Waals surface area contributed by atoms with Gasteiger partial charge in [0.05, 0.1) is 0 Å². The van der Waals surface area contributed by atoms with Gasteiger partial charge in [0.1, 0.15) is 0 Å². The van der Waals surface area contributed by atoms with Crippen molar-refractivity contribution in [1.82, 2.24) is 0 Å². The van der Waals surface area contributed by atoms with Crippen molar-refractivity contribution < 1.29 is 0 Å². The van der Waals surface area contributed by atoms with Crippen LogP contribution in [0.2, 0.25) is 0 Å². The molecular formula is C13H20ClN. The lowest BCUT2D eigenvalue weighted by Gasteiger charge is -2.20. The van der Waals surface area contributed by atoms with E-state index in [2.05, 4.69) is 44.0 Å². The van der Waals surface area contributed by atoms with Crippen molar-refractivity contribution in [2.24, 2.45) is 0 Å². The molecule has 0 unspecified atom stereocenters. The number of rotatable bonds is 5. The SMILES string of the molecule is CCCCN(C)c1ccc(CCl)c(C)c1. The molecule has 0 aromatic heterocycles. The van der Waals surface area contributed by atoms with Gasteiger partial charge in [0.15, 0.2) is 0 Å². The molecule has 0 radical (unpaired) electrons. The number of alkyl halides is 1.